The van der Waals surface area contributed by atoms with Crippen molar-refractivity contribution in [1.82, 2.24) is 14.3 Å². The maximum Gasteiger partial charge on any atom is 0.417 e. The topological polar surface area (TPSA) is 131 Å². The lowest BCUT2D eigenvalue weighted by molar-refractivity contribution is -0.137. The Bertz CT molecular complexity index is 1170. The molecule has 0 unspecified atom stereocenters. The molecular weight excluding hydrogens is 444 g/mol. The Hall–Kier alpha value is -3.29. The lowest BCUT2D eigenvalue weighted by Gasteiger charge is -2.33. The van der Waals surface area contributed by atoms with Gasteiger partial charge in [-0.15, -0.1) is 0 Å². The number of carbonyl (C=O) groups is 1. The van der Waals surface area contributed by atoms with Gasteiger partial charge in [0.05, 0.1) is 5.56 Å². The summed E-state index contributed by atoms with van der Waals surface area (Å²) in [5.41, 5.74) is 2.22. The first kappa shape index (κ1) is 22.4. The Morgan fingerprint density at radius 1 is 1.26 bits per heavy atom. The predicted octanol–water partition coefficient (Wildman–Crippen LogP) is 1.69. The molecule has 3 rings (SSSR count). The third kappa shape index (κ3) is 4.42. The highest BCUT2D eigenvalue weighted by molar-refractivity contribution is 7.89. The molecule has 31 heavy (non-hydrogen) atoms. The van der Waals surface area contributed by atoms with Crippen molar-refractivity contribution in [3.8, 4) is 0 Å². The minimum absolute atomic E-state index is 0.186. The van der Waals surface area contributed by atoms with Gasteiger partial charge in [-0.2, -0.15) is 13.2 Å². The molecule has 14 heteroatoms. The molecule has 2 aromatic rings. The van der Waals surface area contributed by atoms with Crippen molar-refractivity contribution < 1.29 is 30.8 Å². The third-order valence-corrected chi connectivity index (χ3v) is 6.43. The standard InChI is InChI=1S/C17H16F4N6O3S/c1-16(8-31(29,30)27(2)15(22)26-16)13-10(18)4-6-12(24-13)25-14(28)11-5-3-9(7-23-11)17(19,20)21/h3-7H,8H2,1-2H3,(H2,22,26)(H,24,25,28)/t16-/m0/s1. The number of hydrogen-bond donors (Lipinski definition) is 2. The molecule has 0 spiro atoms. The van der Waals surface area contributed by atoms with Gasteiger partial charge in [-0.1, -0.05) is 0 Å². The Morgan fingerprint density at radius 2 is 1.94 bits per heavy atom. The van der Waals surface area contributed by atoms with Crippen molar-refractivity contribution in [2.45, 2.75) is 18.6 Å². The van der Waals surface area contributed by atoms with Gasteiger partial charge in [-0.25, -0.2) is 27.1 Å². The number of aromatic nitrogens is 2. The van der Waals surface area contributed by atoms with Crippen LogP contribution < -0.4 is 11.1 Å². The number of rotatable bonds is 3. The molecule has 3 heterocycles. The lowest BCUT2D eigenvalue weighted by atomic mass is 10.00. The van der Waals surface area contributed by atoms with Crippen LogP contribution in [-0.2, 0) is 21.7 Å². The average Bonchev–Trinajstić information content (AvgIpc) is 2.66. The van der Waals surface area contributed by atoms with Gasteiger partial charge in [0.25, 0.3) is 5.91 Å². The van der Waals surface area contributed by atoms with Crippen molar-refractivity contribution in [2.75, 3.05) is 18.1 Å². The number of alkyl halides is 3. The number of nitrogens with two attached hydrogens (primary N) is 1. The number of sulfonamides is 1. The van der Waals surface area contributed by atoms with Crippen molar-refractivity contribution >= 4 is 27.7 Å². The first-order chi connectivity index (χ1) is 14.2. The van der Waals surface area contributed by atoms with Gasteiger partial charge in [0.2, 0.25) is 16.0 Å². The number of amides is 1. The second-order valence-electron chi connectivity index (χ2n) is 6.88. The Balaban J connectivity index is 1.91. The molecule has 0 aliphatic carbocycles. The maximum atomic E-state index is 14.5. The van der Waals surface area contributed by atoms with Crippen LogP contribution in [0.25, 0.3) is 0 Å². The highest BCUT2D eigenvalue weighted by Crippen LogP contribution is 2.33. The molecule has 2 aromatic heterocycles. The van der Waals surface area contributed by atoms with Gasteiger partial charge in [0.1, 0.15) is 34.3 Å². The highest BCUT2D eigenvalue weighted by atomic mass is 32.2. The summed E-state index contributed by atoms with van der Waals surface area (Å²) in [6.45, 7) is 1.32. The summed E-state index contributed by atoms with van der Waals surface area (Å²) in [7, 11) is -2.70. The Kier molecular flexibility index (Phi) is 5.38. The summed E-state index contributed by atoms with van der Waals surface area (Å²) in [5.74, 6) is -2.96. The van der Waals surface area contributed by atoms with Crippen molar-refractivity contribution in [3.63, 3.8) is 0 Å². The van der Waals surface area contributed by atoms with Crippen LogP contribution >= 0.6 is 0 Å². The molecule has 0 bridgehead atoms. The van der Waals surface area contributed by atoms with Gasteiger partial charge >= 0.3 is 6.18 Å². The molecule has 0 saturated heterocycles. The molecule has 0 saturated carbocycles. The van der Waals surface area contributed by atoms with E-state index in [9.17, 15) is 30.8 Å². The molecule has 0 radical (unpaired) electrons. The first-order valence-electron chi connectivity index (χ1n) is 8.56. The largest absolute Gasteiger partial charge is 0.417 e. The normalized spacial score (nSPS) is 20.8. The zero-order valence-electron chi connectivity index (χ0n) is 16.1. The molecule has 1 atom stereocenters. The van der Waals surface area contributed by atoms with E-state index >= 15 is 0 Å². The number of halogens is 4. The number of anilines is 1. The molecular formula is C17H16F4N6O3S. The molecule has 1 aliphatic heterocycles. The van der Waals surface area contributed by atoms with Gasteiger partial charge in [-0.3, -0.25) is 9.78 Å². The maximum absolute atomic E-state index is 14.5. The van der Waals surface area contributed by atoms with Crippen molar-refractivity contribution in [1.29, 1.82) is 0 Å². The monoisotopic (exact) mass is 460 g/mol. The van der Waals surface area contributed by atoms with Crippen LogP contribution in [-0.4, -0.2) is 47.4 Å². The molecule has 3 N–H and O–H groups in total. The molecule has 1 aliphatic rings. The van der Waals surface area contributed by atoms with Crippen LogP contribution in [0.1, 0.15) is 28.7 Å². The van der Waals surface area contributed by atoms with Gasteiger partial charge in [0.15, 0.2) is 0 Å². The van der Waals surface area contributed by atoms with Crippen molar-refractivity contribution in [3.05, 3.63) is 53.2 Å². The summed E-state index contributed by atoms with van der Waals surface area (Å²) >= 11 is 0. The fourth-order valence-corrected chi connectivity index (χ4v) is 4.27. The molecule has 0 aromatic carbocycles. The summed E-state index contributed by atoms with van der Waals surface area (Å²) < 4.78 is 77.7. The minimum atomic E-state index is -4.61. The Morgan fingerprint density at radius 3 is 2.48 bits per heavy atom. The van der Waals surface area contributed by atoms with E-state index in [1.807, 2.05) is 0 Å². The van der Waals surface area contributed by atoms with Crippen LogP contribution in [0, 0.1) is 5.82 Å². The second kappa shape index (κ2) is 7.44. The fraction of sp³-hybridized carbons (Fsp3) is 0.294. The van der Waals surface area contributed by atoms with Crippen molar-refractivity contribution in [2.24, 2.45) is 10.7 Å². The van der Waals surface area contributed by atoms with E-state index in [0.29, 0.717) is 12.3 Å². The van der Waals surface area contributed by atoms with Gasteiger partial charge in [-0.05, 0) is 31.2 Å². The quantitative estimate of drug-likeness (QED) is 0.671. The van der Waals surface area contributed by atoms with Gasteiger partial charge in [0, 0.05) is 13.2 Å². The highest BCUT2D eigenvalue weighted by Gasteiger charge is 2.43. The average molecular weight is 460 g/mol. The minimum Gasteiger partial charge on any atom is -0.369 e. The smallest absolute Gasteiger partial charge is 0.369 e. The van der Waals surface area contributed by atoms with E-state index in [0.717, 1.165) is 22.5 Å². The van der Waals surface area contributed by atoms with Crippen LogP contribution in [0.5, 0.6) is 0 Å². The number of pyridine rings is 2. The number of guanidine groups is 1. The third-order valence-electron chi connectivity index (χ3n) is 4.49. The number of nitrogens with zero attached hydrogens (tertiary/aromatic N) is 4. The summed E-state index contributed by atoms with van der Waals surface area (Å²) in [6.07, 6.45) is -4.11. The molecule has 1 amide bonds. The number of hydrogen-bond acceptors (Lipinski definition) is 7. The van der Waals surface area contributed by atoms with E-state index in [1.165, 1.54) is 14.0 Å². The molecule has 166 valence electrons. The van der Waals surface area contributed by atoms with Crippen LogP contribution in [0.3, 0.4) is 0 Å². The molecule has 9 nitrogen and oxygen atoms in total. The first-order valence-corrected chi connectivity index (χ1v) is 10.2. The van der Waals surface area contributed by atoms with E-state index in [-0.39, 0.29) is 23.2 Å². The fourth-order valence-electron chi connectivity index (χ4n) is 2.84. The van der Waals surface area contributed by atoms with Crippen LogP contribution in [0.2, 0.25) is 0 Å². The number of carbonyl (C=O) groups excluding carboxylic acids is 1. The van der Waals surface area contributed by atoms with E-state index in [1.54, 1.807) is 0 Å². The van der Waals surface area contributed by atoms with E-state index in [4.69, 9.17) is 5.73 Å². The second-order valence-corrected chi connectivity index (χ2v) is 8.88. The number of nitrogens with one attached hydrogen (secondary N) is 1. The van der Waals surface area contributed by atoms with Gasteiger partial charge < -0.3 is 11.1 Å². The van der Waals surface area contributed by atoms with E-state index < -0.39 is 44.8 Å². The van der Waals surface area contributed by atoms with Crippen LogP contribution in [0.4, 0.5) is 23.4 Å². The van der Waals surface area contributed by atoms with Crippen LogP contribution in [0.15, 0.2) is 35.5 Å². The number of aliphatic imine (C=N–C) groups is 1. The van der Waals surface area contributed by atoms with E-state index in [2.05, 4.69) is 20.3 Å². The summed E-state index contributed by atoms with van der Waals surface area (Å²) in [4.78, 5) is 23.7. The zero-order chi connectivity index (χ0) is 23.2. The zero-order valence-corrected chi connectivity index (χ0v) is 16.9. The SMILES string of the molecule is CN1C(N)=N[C@](C)(c2nc(NC(=O)c3ccc(C(F)(F)F)cn3)ccc2F)CS1(=O)=O. The predicted molar refractivity (Wildman–Crippen MR) is 102 cm³/mol. The summed E-state index contributed by atoms with van der Waals surface area (Å²) in [6, 6.07) is 3.60. The Labute approximate surface area is 174 Å². The summed E-state index contributed by atoms with van der Waals surface area (Å²) in [5, 5.41) is 2.28. The molecule has 0 fully saturated rings. The lowest BCUT2D eigenvalue weighted by Crippen LogP contribution is -2.50.